The van der Waals surface area contributed by atoms with Gasteiger partial charge in [0.15, 0.2) is 0 Å². The van der Waals surface area contributed by atoms with E-state index in [9.17, 15) is 5.11 Å². The molecule has 0 spiro atoms. The molecule has 1 fully saturated rings. The molecule has 1 heterocycles. The molecule has 0 aromatic heterocycles. The normalized spacial score (nSPS) is 21.0. The second-order valence-electron chi connectivity index (χ2n) is 4.90. The first-order valence-corrected chi connectivity index (χ1v) is 7.00. The van der Waals surface area contributed by atoms with Gasteiger partial charge in [0.1, 0.15) is 5.75 Å². The van der Waals surface area contributed by atoms with Gasteiger partial charge in [-0.25, -0.2) is 0 Å². The average Bonchev–Trinajstić information content (AvgIpc) is 2.64. The standard InChI is InChI=1S/C15H23NO3/c17-14-12-16(9-11-18-13-14)8-4-5-10-19-15-6-2-1-3-7-15/h1-3,6-7,14,17H,4-5,8-13H2/t14-/m1/s1. The fraction of sp³-hybridized carbons (Fsp3) is 0.600. The molecule has 1 atom stereocenters. The van der Waals surface area contributed by atoms with Gasteiger partial charge in [0.2, 0.25) is 0 Å². The minimum atomic E-state index is -0.344. The largest absolute Gasteiger partial charge is 0.494 e. The maximum atomic E-state index is 9.62. The lowest BCUT2D eigenvalue weighted by Gasteiger charge is -2.20. The highest BCUT2D eigenvalue weighted by Crippen LogP contribution is 2.09. The van der Waals surface area contributed by atoms with Gasteiger partial charge in [-0.05, 0) is 31.5 Å². The Bertz CT molecular complexity index is 345. The first kappa shape index (κ1) is 14.3. The van der Waals surface area contributed by atoms with Crippen molar-refractivity contribution in [3.05, 3.63) is 30.3 Å². The Kier molecular flexibility index (Phi) is 6.14. The van der Waals surface area contributed by atoms with Crippen molar-refractivity contribution in [2.45, 2.75) is 18.9 Å². The lowest BCUT2D eigenvalue weighted by molar-refractivity contribution is 0.0564. The summed E-state index contributed by atoms with van der Waals surface area (Å²) in [6.07, 6.45) is 1.77. The van der Waals surface area contributed by atoms with Crippen molar-refractivity contribution in [2.24, 2.45) is 0 Å². The molecule has 0 saturated carbocycles. The van der Waals surface area contributed by atoms with Crippen molar-refractivity contribution < 1.29 is 14.6 Å². The van der Waals surface area contributed by atoms with Gasteiger partial charge in [-0.15, -0.1) is 0 Å². The van der Waals surface area contributed by atoms with Crippen LogP contribution in [0.25, 0.3) is 0 Å². The summed E-state index contributed by atoms with van der Waals surface area (Å²) in [5.74, 6) is 0.932. The van der Waals surface area contributed by atoms with Crippen LogP contribution in [-0.2, 0) is 4.74 Å². The number of hydrogen-bond donors (Lipinski definition) is 1. The quantitative estimate of drug-likeness (QED) is 0.792. The van der Waals surface area contributed by atoms with E-state index in [0.717, 1.165) is 51.4 Å². The van der Waals surface area contributed by atoms with Gasteiger partial charge in [-0.2, -0.15) is 0 Å². The van der Waals surface area contributed by atoms with Gasteiger partial charge >= 0.3 is 0 Å². The van der Waals surface area contributed by atoms with Crippen LogP contribution in [0.4, 0.5) is 0 Å². The van der Waals surface area contributed by atoms with E-state index >= 15 is 0 Å². The van der Waals surface area contributed by atoms with Gasteiger partial charge in [-0.1, -0.05) is 18.2 Å². The van der Waals surface area contributed by atoms with Crippen LogP contribution in [0.1, 0.15) is 12.8 Å². The molecule has 1 N–H and O–H groups in total. The van der Waals surface area contributed by atoms with Crippen molar-refractivity contribution >= 4 is 0 Å². The van der Waals surface area contributed by atoms with Crippen LogP contribution in [0.5, 0.6) is 5.75 Å². The van der Waals surface area contributed by atoms with Crippen LogP contribution < -0.4 is 4.74 Å². The maximum Gasteiger partial charge on any atom is 0.119 e. The minimum absolute atomic E-state index is 0.344. The Labute approximate surface area is 114 Å². The van der Waals surface area contributed by atoms with E-state index in [1.807, 2.05) is 30.3 Å². The van der Waals surface area contributed by atoms with Crippen LogP contribution in [0.15, 0.2) is 30.3 Å². The Morgan fingerprint density at radius 2 is 2.11 bits per heavy atom. The highest BCUT2D eigenvalue weighted by atomic mass is 16.5. The fourth-order valence-corrected chi connectivity index (χ4v) is 2.20. The van der Waals surface area contributed by atoms with Crippen LogP contribution in [0.3, 0.4) is 0 Å². The molecule has 4 heteroatoms. The number of rotatable bonds is 6. The molecular formula is C15H23NO3. The Hall–Kier alpha value is -1.10. The van der Waals surface area contributed by atoms with Crippen LogP contribution >= 0.6 is 0 Å². The highest BCUT2D eigenvalue weighted by Gasteiger charge is 2.15. The first-order valence-electron chi connectivity index (χ1n) is 7.00. The second kappa shape index (κ2) is 8.15. The molecule has 0 aliphatic carbocycles. The number of aliphatic hydroxyl groups is 1. The van der Waals surface area contributed by atoms with Crippen LogP contribution in [0, 0.1) is 0 Å². The van der Waals surface area contributed by atoms with Crippen molar-refractivity contribution in [1.82, 2.24) is 4.90 Å². The molecular weight excluding hydrogens is 242 g/mol. The molecule has 1 aliphatic rings. The van der Waals surface area contributed by atoms with Gasteiger partial charge in [0, 0.05) is 13.1 Å². The van der Waals surface area contributed by atoms with Crippen LogP contribution in [0.2, 0.25) is 0 Å². The SMILES string of the molecule is O[C@H]1COCCN(CCCCOc2ccccc2)C1. The lowest BCUT2D eigenvalue weighted by Crippen LogP contribution is -2.33. The summed E-state index contributed by atoms with van der Waals surface area (Å²) in [4.78, 5) is 2.26. The van der Waals surface area contributed by atoms with E-state index in [2.05, 4.69) is 4.90 Å². The van der Waals surface area contributed by atoms with E-state index in [1.54, 1.807) is 0 Å². The van der Waals surface area contributed by atoms with Gasteiger partial charge in [0.05, 0.1) is 25.9 Å². The van der Waals surface area contributed by atoms with E-state index in [4.69, 9.17) is 9.47 Å². The van der Waals surface area contributed by atoms with Gasteiger partial charge in [0.25, 0.3) is 0 Å². The third-order valence-corrected chi connectivity index (χ3v) is 3.21. The van der Waals surface area contributed by atoms with Crippen molar-refractivity contribution in [3.63, 3.8) is 0 Å². The number of benzene rings is 1. The lowest BCUT2D eigenvalue weighted by atomic mass is 10.2. The van der Waals surface area contributed by atoms with Crippen LogP contribution in [-0.4, -0.2) is 55.6 Å². The molecule has 1 aromatic carbocycles. The predicted molar refractivity (Wildman–Crippen MR) is 74.4 cm³/mol. The fourth-order valence-electron chi connectivity index (χ4n) is 2.20. The van der Waals surface area contributed by atoms with E-state index in [1.165, 1.54) is 0 Å². The Morgan fingerprint density at radius 3 is 2.95 bits per heavy atom. The minimum Gasteiger partial charge on any atom is -0.494 e. The monoisotopic (exact) mass is 265 g/mol. The smallest absolute Gasteiger partial charge is 0.119 e. The molecule has 2 rings (SSSR count). The molecule has 19 heavy (non-hydrogen) atoms. The van der Waals surface area contributed by atoms with E-state index in [-0.39, 0.29) is 6.10 Å². The molecule has 1 saturated heterocycles. The summed E-state index contributed by atoms with van der Waals surface area (Å²) in [5, 5.41) is 9.62. The van der Waals surface area contributed by atoms with Gasteiger partial charge < -0.3 is 14.6 Å². The zero-order valence-corrected chi connectivity index (χ0v) is 11.3. The number of β-amino-alcohol motifs (C(OH)–C–C–N with tert-alkyl or cyclic N) is 1. The zero-order chi connectivity index (χ0) is 13.3. The van der Waals surface area contributed by atoms with Crippen molar-refractivity contribution in [3.8, 4) is 5.75 Å². The zero-order valence-electron chi connectivity index (χ0n) is 11.3. The van der Waals surface area contributed by atoms with Gasteiger partial charge in [-0.3, -0.25) is 4.90 Å². The molecule has 0 amide bonds. The van der Waals surface area contributed by atoms with E-state index in [0.29, 0.717) is 6.61 Å². The van der Waals surface area contributed by atoms with Crippen molar-refractivity contribution in [2.75, 3.05) is 39.5 Å². The number of hydrogen-bond acceptors (Lipinski definition) is 4. The number of aliphatic hydroxyl groups excluding tert-OH is 1. The average molecular weight is 265 g/mol. The summed E-state index contributed by atoms with van der Waals surface area (Å²) in [7, 11) is 0. The summed E-state index contributed by atoms with van der Waals surface area (Å²) < 4.78 is 11.0. The molecule has 0 radical (unpaired) electrons. The maximum absolute atomic E-state index is 9.62. The third-order valence-electron chi connectivity index (χ3n) is 3.21. The topological polar surface area (TPSA) is 41.9 Å². The summed E-state index contributed by atoms with van der Waals surface area (Å²) >= 11 is 0. The van der Waals surface area contributed by atoms with E-state index < -0.39 is 0 Å². The summed E-state index contributed by atoms with van der Waals surface area (Å²) in [5.41, 5.74) is 0. The molecule has 1 aromatic rings. The molecule has 0 unspecified atom stereocenters. The first-order chi connectivity index (χ1) is 9.34. The summed E-state index contributed by atoms with van der Waals surface area (Å²) in [6, 6.07) is 9.90. The molecule has 4 nitrogen and oxygen atoms in total. The Balaban J connectivity index is 1.56. The number of para-hydroxylation sites is 1. The summed E-state index contributed by atoms with van der Waals surface area (Å²) in [6.45, 7) is 4.57. The molecule has 0 bridgehead atoms. The Morgan fingerprint density at radius 1 is 1.26 bits per heavy atom. The number of nitrogens with zero attached hydrogens (tertiary/aromatic N) is 1. The second-order valence-corrected chi connectivity index (χ2v) is 4.90. The third kappa shape index (κ3) is 5.59. The number of ether oxygens (including phenoxy) is 2. The highest BCUT2D eigenvalue weighted by molar-refractivity contribution is 5.20. The molecule has 1 aliphatic heterocycles. The van der Waals surface area contributed by atoms with Crippen molar-refractivity contribution in [1.29, 1.82) is 0 Å². The predicted octanol–water partition coefficient (Wildman–Crippen LogP) is 1.54. The number of unbranched alkanes of at least 4 members (excludes halogenated alkanes) is 1. The molecule has 106 valence electrons.